The van der Waals surface area contributed by atoms with E-state index in [4.69, 9.17) is 9.47 Å². The number of halogens is 1. The van der Waals surface area contributed by atoms with E-state index in [9.17, 15) is 18.8 Å². The Morgan fingerprint density at radius 2 is 1.89 bits per heavy atom. The molecule has 142 valence electrons. The van der Waals surface area contributed by atoms with Crippen LogP contribution in [-0.4, -0.2) is 30.4 Å². The van der Waals surface area contributed by atoms with E-state index >= 15 is 0 Å². The third-order valence-corrected chi connectivity index (χ3v) is 3.71. The van der Waals surface area contributed by atoms with Crippen LogP contribution in [0.2, 0.25) is 0 Å². The van der Waals surface area contributed by atoms with Crippen molar-refractivity contribution in [2.24, 2.45) is 0 Å². The van der Waals surface area contributed by atoms with Crippen molar-refractivity contribution in [3.8, 4) is 5.75 Å². The minimum Gasteiger partial charge on any atom is -0.482 e. The van der Waals surface area contributed by atoms with Gasteiger partial charge < -0.3 is 14.8 Å². The minimum atomic E-state index is -1.09. The predicted octanol–water partition coefficient (Wildman–Crippen LogP) is 3.29. The second kappa shape index (κ2) is 8.93. The van der Waals surface area contributed by atoms with E-state index in [1.54, 1.807) is 31.2 Å². The molecule has 0 aliphatic heterocycles. The van der Waals surface area contributed by atoms with Gasteiger partial charge in [0.2, 0.25) is 0 Å². The molecule has 2 rings (SSSR count). The van der Waals surface area contributed by atoms with Gasteiger partial charge in [0.25, 0.3) is 5.91 Å². The van der Waals surface area contributed by atoms with E-state index in [0.29, 0.717) is 16.9 Å². The molecule has 0 fully saturated rings. The number of nitrogens with one attached hydrogen (secondary N) is 1. The monoisotopic (exact) mass is 373 g/mol. The summed E-state index contributed by atoms with van der Waals surface area (Å²) in [5.41, 5.74) is 1.18. The van der Waals surface area contributed by atoms with Gasteiger partial charge in [0.15, 0.2) is 18.5 Å². The lowest BCUT2D eigenvalue weighted by Gasteiger charge is -2.14. The van der Waals surface area contributed by atoms with Gasteiger partial charge in [0, 0.05) is 11.3 Å². The zero-order chi connectivity index (χ0) is 20.0. The van der Waals surface area contributed by atoms with Crippen LogP contribution in [-0.2, 0) is 14.3 Å². The number of ether oxygens (including phenoxy) is 2. The molecule has 6 nitrogen and oxygen atoms in total. The normalized spacial score (nSPS) is 11.4. The SMILES string of the molecule is CC(=O)c1cccc(OCC(=O)O[C@H](C)C(=O)Nc2ccc(C)c(F)c2)c1. The van der Waals surface area contributed by atoms with E-state index in [0.717, 1.165) is 0 Å². The number of carbonyl (C=O) groups is 3. The van der Waals surface area contributed by atoms with Gasteiger partial charge in [-0.15, -0.1) is 0 Å². The molecule has 1 N–H and O–H groups in total. The van der Waals surface area contributed by atoms with Gasteiger partial charge in [-0.3, -0.25) is 9.59 Å². The Morgan fingerprint density at radius 3 is 2.56 bits per heavy atom. The van der Waals surface area contributed by atoms with Crippen LogP contribution in [0.1, 0.15) is 29.8 Å². The number of hydrogen-bond donors (Lipinski definition) is 1. The maximum absolute atomic E-state index is 13.5. The second-order valence-corrected chi connectivity index (χ2v) is 5.96. The molecule has 0 bridgehead atoms. The molecule has 27 heavy (non-hydrogen) atoms. The van der Waals surface area contributed by atoms with Gasteiger partial charge in [-0.2, -0.15) is 0 Å². The zero-order valence-corrected chi connectivity index (χ0v) is 15.2. The Morgan fingerprint density at radius 1 is 1.15 bits per heavy atom. The Labute approximate surface area is 156 Å². The van der Waals surface area contributed by atoms with Crippen LogP contribution >= 0.6 is 0 Å². The van der Waals surface area contributed by atoms with Crippen molar-refractivity contribution in [1.29, 1.82) is 0 Å². The number of benzene rings is 2. The number of Topliss-reactive ketones (excluding diaryl/α,β-unsaturated/α-hetero) is 1. The lowest BCUT2D eigenvalue weighted by atomic mass is 10.1. The van der Waals surface area contributed by atoms with Crippen molar-refractivity contribution >= 4 is 23.3 Å². The largest absolute Gasteiger partial charge is 0.482 e. The third kappa shape index (κ3) is 5.91. The average molecular weight is 373 g/mol. The molecule has 1 atom stereocenters. The van der Waals surface area contributed by atoms with Gasteiger partial charge >= 0.3 is 5.97 Å². The summed E-state index contributed by atoms with van der Waals surface area (Å²) >= 11 is 0. The van der Waals surface area contributed by atoms with Gasteiger partial charge in [-0.05, 0) is 50.6 Å². The summed E-state index contributed by atoms with van der Waals surface area (Å²) in [4.78, 5) is 35.2. The van der Waals surface area contributed by atoms with Gasteiger partial charge in [0.1, 0.15) is 11.6 Å². The highest BCUT2D eigenvalue weighted by atomic mass is 19.1. The number of rotatable bonds is 7. The van der Waals surface area contributed by atoms with Crippen molar-refractivity contribution < 1.29 is 28.2 Å². The molecule has 0 radical (unpaired) electrons. The van der Waals surface area contributed by atoms with Crippen molar-refractivity contribution in [3.63, 3.8) is 0 Å². The number of hydrogen-bond acceptors (Lipinski definition) is 5. The van der Waals surface area contributed by atoms with Crippen LogP contribution in [0.25, 0.3) is 0 Å². The number of amides is 1. The number of anilines is 1. The molecule has 0 saturated heterocycles. The maximum atomic E-state index is 13.5. The molecular formula is C20H20FNO5. The topological polar surface area (TPSA) is 81.7 Å². The smallest absolute Gasteiger partial charge is 0.344 e. The van der Waals surface area contributed by atoms with Crippen LogP contribution < -0.4 is 10.1 Å². The first kappa shape index (κ1) is 20.1. The van der Waals surface area contributed by atoms with Crippen LogP contribution in [0.5, 0.6) is 5.75 Å². The Balaban J connectivity index is 1.85. The van der Waals surface area contributed by atoms with E-state index in [1.807, 2.05) is 0 Å². The summed E-state index contributed by atoms with van der Waals surface area (Å²) in [6.07, 6.45) is -1.09. The Bertz CT molecular complexity index is 865. The zero-order valence-electron chi connectivity index (χ0n) is 15.2. The first-order valence-corrected chi connectivity index (χ1v) is 8.26. The fourth-order valence-electron chi connectivity index (χ4n) is 2.15. The van der Waals surface area contributed by atoms with Gasteiger partial charge in [0.05, 0.1) is 0 Å². The fraction of sp³-hybridized carbons (Fsp3) is 0.250. The standard InChI is InChI=1S/C20H20FNO5/c1-12-7-8-16(10-18(12)21)22-20(25)14(3)27-19(24)11-26-17-6-4-5-15(9-17)13(2)23/h4-10,14H,11H2,1-3H3,(H,22,25)/t14-/m1/s1. The molecule has 2 aromatic carbocycles. The number of aryl methyl sites for hydroxylation is 1. The molecule has 0 saturated carbocycles. The molecule has 0 spiro atoms. The first-order valence-electron chi connectivity index (χ1n) is 8.26. The number of esters is 1. The molecule has 0 aliphatic rings. The summed E-state index contributed by atoms with van der Waals surface area (Å²) in [6.45, 7) is 4.01. The highest BCUT2D eigenvalue weighted by molar-refractivity contribution is 5.95. The Hall–Kier alpha value is -3.22. The summed E-state index contributed by atoms with van der Waals surface area (Å²) in [5.74, 6) is -1.57. The van der Waals surface area contributed by atoms with Gasteiger partial charge in [-0.25, -0.2) is 9.18 Å². The van der Waals surface area contributed by atoms with Crippen molar-refractivity contribution in [1.82, 2.24) is 0 Å². The number of carbonyl (C=O) groups excluding carboxylic acids is 3. The van der Waals surface area contributed by atoms with E-state index in [1.165, 1.54) is 32.0 Å². The molecule has 0 heterocycles. The van der Waals surface area contributed by atoms with Crippen molar-refractivity contribution in [2.45, 2.75) is 26.9 Å². The van der Waals surface area contributed by atoms with Crippen molar-refractivity contribution in [2.75, 3.05) is 11.9 Å². The quantitative estimate of drug-likeness (QED) is 0.595. The Kier molecular flexibility index (Phi) is 6.65. The highest BCUT2D eigenvalue weighted by Crippen LogP contribution is 2.15. The second-order valence-electron chi connectivity index (χ2n) is 5.96. The molecule has 0 aromatic heterocycles. The van der Waals surface area contributed by atoms with Crippen LogP contribution in [0, 0.1) is 12.7 Å². The molecule has 2 aromatic rings. The fourth-order valence-corrected chi connectivity index (χ4v) is 2.15. The highest BCUT2D eigenvalue weighted by Gasteiger charge is 2.18. The molecular weight excluding hydrogens is 353 g/mol. The van der Waals surface area contributed by atoms with Crippen LogP contribution in [0.3, 0.4) is 0 Å². The van der Waals surface area contributed by atoms with Crippen molar-refractivity contribution in [3.05, 3.63) is 59.4 Å². The van der Waals surface area contributed by atoms with Crippen LogP contribution in [0.15, 0.2) is 42.5 Å². The molecule has 0 aliphatic carbocycles. The average Bonchev–Trinajstić information content (AvgIpc) is 2.63. The van der Waals surface area contributed by atoms with Crippen LogP contribution in [0.4, 0.5) is 10.1 Å². The third-order valence-electron chi connectivity index (χ3n) is 3.71. The predicted molar refractivity (Wildman–Crippen MR) is 97.3 cm³/mol. The first-order chi connectivity index (χ1) is 12.8. The summed E-state index contributed by atoms with van der Waals surface area (Å²) in [7, 11) is 0. The van der Waals surface area contributed by atoms with E-state index in [2.05, 4.69) is 5.32 Å². The molecule has 1 amide bonds. The summed E-state index contributed by atoms with van der Waals surface area (Å²) in [6, 6.07) is 10.6. The minimum absolute atomic E-state index is 0.124. The summed E-state index contributed by atoms with van der Waals surface area (Å²) in [5, 5.41) is 2.47. The number of ketones is 1. The summed E-state index contributed by atoms with van der Waals surface area (Å²) < 4.78 is 23.8. The maximum Gasteiger partial charge on any atom is 0.344 e. The lowest BCUT2D eigenvalue weighted by Crippen LogP contribution is -2.31. The van der Waals surface area contributed by atoms with Gasteiger partial charge in [-0.1, -0.05) is 18.2 Å². The molecule has 7 heteroatoms. The lowest BCUT2D eigenvalue weighted by molar-refractivity contribution is -0.155. The molecule has 0 unspecified atom stereocenters. The van der Waals surface area contributed by atoms with E-state index < -0.39 is 30.4 Å². The van der Waals surface area contributed by atoms with E-state index in [-0.39, 0.29) is 11.5 Å².